The third-order valence-corrected chi connectivity index (χ3v) is 3.93. The maximum absolute atomic E-state index is 13.7. The second kappa shape index (κ2) is 6.38. The molecule has 0 fully saturated rings. The van der Waals surface area contributed by atoms with Crippen LogP contribution in [-0.2, 0) is 6.42 Å². The predicted molar refractivity (Wildman–Crippen MR) is 82.8 cm³/mol. The summed E-state index contributed by atoms with van der Waals surface area (Å²) >= 11 is 6.27. The van der Waals surface area contributed by atoms with Crippen LogP contribution in [0.4, 0.5) is 4.39 Å². The van der Waals surface area contributed by atoms with E-state index < -0.39 is 0 Å². The van der Waals surface area contributed by atoms with E-state index in [0.717, 1.165) is 28.1 Å². The predicted octanol–water partition coefficient (Wildman–Crippen LogP) is 4.60. The van der Waals surface area contributed by atoms with Gasteiger partial charge in [-0.25, -0.2) is 4.39 Å². The molecular weight excluding hydrogens is 273 g/mol. The van der Waals surface area contributed by atoms with Gasteiger partial charge in [0.2, 0.25) is 0 Å². The first-order chi connectivity index (χ1) is 9.51. The van der Waals surface area contributed by atoms with Gasteiger partial charge >= 0.3 is 0 Å². The monoisotopic (exact) mass is 291 g/mol. The van der Waals surface area contributed by atoms with Crippen LogP contribution in [0.2, 0.25) is 5.02 Å². The zero-order valence-electron chi connectivity index (χ0n) is 12.0. The van der Waals surface area contributed by atoms with Crippen LogP contribution in [0.15, 0.2) is 36.4 Å². The van der Waals surface area contributed by atoms with Crippen LogP contribution in [-0.4, -0.2) is 7.05 Å². The third-order valence-electron chi connectivity index (χ3n) is 3.58. The summed E-state index contributed by atoms with van der Waals surface area (Å²) in [5.41, 5.74) is 3.81. The molecule has 0 aliphatic heterocycles. The van der Waals surface area contributed by atoms with Gasteiger partial charge in [0.25, 0.3) is 0 Å². The van der Waals surface area contributed by atoms with E-state index in [1.807, 2.05) is 44.3 Å². The summed E-state index contributed by atoms with van der Waals surface area (Å²) < 4.78 is 13.7. The van der Waals surface area contributed by atoms with Gasteiger partial charge in [0.1, 0.15) is 5.82 Å². The molecule has 0 bridgehead atoms. The molecule has 0 amide bonds. The Bertz CT molecular complexity index is 610. The van der Waals surface area contributed by atoms with E-state index in [1.165, 1.54) is 0 Å². The van der Waals surface area contributed by atoms with Crippen molar-refractivity contribution < 1.29 is 4.39 Å². The highest BCUT2D eigenvalue weighted by Gasteiger charge is 2.13. The van der Waals surface area contributed by atoms with Gasteiger partial charge in [0.05, 0.1) is 0 Å². The van der Waals surface area contributed by atoms with Crippen LogP contribution in [0.1, 0.15) is 28.3 Å². The van der Waals surface area contributed by atoms with Gasteiger partial charge in [0, 0.05) is 11.1 Å². The number of nitrogens with one attached hydrogen (secondary N) is 1. The Labute approximate surface area is 124 Å². The van der Waals surface area contributed by atoms with Crippen molar-refractivity contribution in [3.05, 3.63) is 69.5 Å². The van der Waals surface area contributed by atoms with E-state index in [-0.39, 0.29) is 11.9 Å². The summed E-state index contributed by atoms with van der Waals surface area (Å²) in [6, 6.07) is 11.5. The highest BCUT2D eigenvalue weighted by Crippen LogP contribution is 2.25. The van der Waals surface area contributed by atoms with E-state index in [2.05, 4.69) is 5.32 Å². The molecule has 106 valence electrons. The van der Waals surface area contributed by atoms with E-state index in [1.54, 1.807) is 13.0 Å². The number of likely N-dealkylation sites (N-methyl/N-ethyl adjacent to an activating group) is 1. The number of halogens is 2. The minimum absolute atomic E-state index is 0.0466. The van der Waals surface area contributed by atoms with Crippen LogP contribution < -0.4 is 5.32 Å². The Kier molecular flexibility index (Phi) is 4.79. The van der Waals surface area contributed by atoms with Gasteiger partial charge in [-0.15, -0.1) is 0 Å². The molecule has 1 nitrogen and oxygen atoms in total. The fourth-order valence-corrected chi connectivity index (χ4v) is 2.56. The van der Waals surface area contributed by atoms with Crippen molar-refractivity contribution in [2.75, 3.05) is 7.05 Å². The SMILES string of the molecule is CNC(Cc1ccc(C)cc1Cl)c1ccc(C)c(F)c1. The number of hydrogen-bond acceptors (Lipinski definition) is 1. The molecule has 0 heterocycles. The lowest BCUT2D eigenvalue weighted by Crippen LogP contribution is -2.19. The van der Waals surface area contributed by atoms with Crippen LogP contribution in [0.5, 0.6) is 0 Å². The molecule has 0 saturated carbocycles. The Hall–Kier alpha value is -1.38. The molecular formula is C17H19ClFN. The lowest BCUT2D eigenvalue weighted by molar-refractivity contribution is 0.574. The molecule has 0 saturated heterocycles. The van der Waals surface area contributed by atoms with Crippen molar-refractivity contribution in [1.29, 1.82) is 0 Å². The number of rotatable bonds is 4. The lowest BCUT2D eigenvalue weighted by Gasteiger charge is -2.18. The Morgan fingerprint density at radius 2 is 1.90 bits per heavy atom. The molecule has 1 unspecified atom stereocenters. The van der Waals surface area contributed by atoms with Gasteiger partial charge in [-0.2, -0.15) is 0 Å². The molecule has 0 aliphatic carbocycles. The summed E-state index contributed by atoms with van der Waals surface area (Å²) in [5.74, 6) is -0.169. The molecule has 20 heavy (non-hydrogen) atoms. The minimum atomic E-state index is -0.169. The molecule has 2 aromatic rings. The smallest absolute Gasteiger partial charge is 0.126 e. The molecule has 2 aromatic carbocycles. The molecule has 0 spiro atoms. The normalized spacial score (nSPS) is 12.4. The molecule has 0 radical (unpaired) electrons. The number of aryl methyl sites for hydroxylation is 2. The topological polar surface area (TPSA) is 12.0 Å². The second-order valence-corrected chi connectivity index (χ2v) is 5.56. The summed E-state index contributed by atoms with van der Waals surface area (Å²) in [6.07, 6.45) is 0.734. The first-order valence-corrected chi connectivity index (χ1v) is 7.07. The zero-order valence-corrected chi connectivity index (χ0v) is 12.8. The van der Waals surface area contributed by atoms with Crippen LogP contribution in [0.25, 0.3) is 0 Å². The molecule has 1 N–H and O–H groups in total. The van der Waals surface area contributed by atoms with Crippen LogP contribution in [0, 0.1) is 19.7 Å². The van der Waals surface area contributed by atoms with E-state index in [0.29, 0.717) is 5.56 Å². The van der Waals surface area contributed by atoms with Crippen molar-refractivity contribution in [3.63, 3.8) is 0 Å². The Morgan fingerprint density at radius 3 is 2.50 bits per heavy atom. The average Bonchev–Trinajstić information content (AvgIpc) is 2.41. The maximum atomic E-state index is 13.7. The molecule has 2 rings (SSSR count). The molecule has 0 aliphatic rings. The zero-order chi connectivity index (χ0) is 14.7. The second-order valence-electron chi connectivity index (χ2n) is 5.15. The van der Waals surface area contributed by atoms with Gasteiger partial charge < -0.3 is 5.32 Å². The maximum Gasteiger partial charge on any atom is 0.126 e. The van der Waals surface area contributed by atoms with Gasteiger partial charge in [-0.1, -0.05) is 35.9 Å². The van der Waals surface area contributed by atoms with Crippen molar-refractivity contribution in [2.45, 2.75) is 26.3 Å². The van der Waals surface area contributed by atoms with Crippen molar-refractivity contribution >= 4 is 11.6 Å². The van der Waals surface area contributed by atoms with Crippen LogP contribution >= 0.6 is 11.6 Å². The van der Waals surface area contributed by atoms with Gasteiger partial charge in [-0.05, 0) is 61.7 Å². The molecule has 3 heteroatoms. The average molecular weight is 292 g/mol. The minimum Gasteiger partial charge on any atom is -0.313 e. The van der Waals surface area contributed by atoms with Gasteiger partial charge in [-0.3, -0.25) is 0 Å². The van der Waals surface area contributed by atoms with Crippen molar-refractivity contribution in [1.82, 2.24) is 5.32 Å². The highest BCUT2D eigenvalue weighted by molar-refractivity contribution is 6.31. The summed E-state index contributed by atoms with van der Waals surface area (Å²) in [6.45, 7) is 3.78. The summed E-state index contributed by atoms with van der Waals surface area (Å²) in [4.78, 5) is 0. The van der Waals surface area contributed by atoms with E-state index in [9.17, 15) is 4.39 Å². The standard InChI is InChI=1S/C17H19ClFN/c1-11-4-6-13(15(18)8-11)10-17(20-3)14-7-5-12(2)16(19)9-14/h4-9,17,20H,10H2,1-3H3. The Balaban J connectivity index is 2.26. The number of hydrogen-bond donors (Lipinski definition) is 1. The summed E-state index contributed by atoms with van der Waals surface area (Å²) in [5, 5.41) is 3.99. The fourth-order valence-electron chi connectivity index (χ4n) is 2.25. The van der Waals surface area contributed by atoms with Crippen molar-refractivity contribution in [3.8, 4) is 0 Å². The first-order valence-electron chi connectivity index (χ1n) is 6.69. The molecule has 0 aromatic heterocycles. The summed E-state index contributed by atoms with van der Waals surface area (Å²) in [7, 11) is 1.88. The van der Waals surface area contributed by atoms with E-state index >= 15 is 0 Å². The van der Waals surface area contributed by atoms with Gasteiger partial charge in [0.15, 0.2) is 0 Å². The highest BCUT2D eigenvalue weighted by atomic mass is 35.5. The third kappa shape index (κ3) is 3.38. The molecule has 1 atom stereocenters. The number of benzene rings is 2. The quantitative estimate of drug-likeness (QED) is 0.868. The lowest BCUT2D eigenvalue weighted by atomic mass is 9.97. The van der Waals surface area contributed by atoms with Crippen molar-refractivity contribution in [2.24, 2.45) is 0 Å². The Morgan fingerprint density at radius 1 is 1.15 bits per heavy atom. The first kappa shape index (κ1) is 15.0. The fraction of sp³-hybridized carbons (Fsp3) is 0.294. The van der Waals surface area contributed by atoms with Crippen LogP contribution in [0.3, 0.4) is 0 Å². The largest absolute Gasteiger partial charge is 0.313 e. The van der Waals surface area contributed by atoms with E-state index in [4.69, 9.17) is 11.6 Å².